The van der Waals surface area contributed by atoms with Crippen molar-refractivity contribution >= 4 is 44.6 Å². The van der Waals surface area contributed by atoms with Crippen molar-refractivity contribution in [3.63, 3.8) is 0 Å². The molecule has 1 unspecified atom stereocenters. The van der Waals surface area contributed by atoms with E-state index in [1.807, 2.05) is 37.3 Å². The first-order valence-corrected chi connectivity index (χ1v) is 20.9. The normalized spacial score (nSPS) is 30.5. The molecule has 2 aliphatic carbocycles. The lowest BCUT2D eigenvalue weighted by atomic mass is 9.85. The first kappa shape index (κ1) is 38.9. The van der Waals surface area contributed by atoms with E-state index in [1.54, 1.807) is 33.9 Å². The maximum atomic E-state index is 15.1. The van der Waals surface area contributed by atoms with E-state index in [2.05, 4.69) is 21.9 Å². The lowest BCUT2D eigenvalue weighted by Crippen LogP contribution is -2.62. The van der Waals surface area contributed by atoms with E-state index in [4.69, 9.17) is 9.47 Å². The molecule has 3 fully saturated rings. The molecule has 3 N–H and O–H groups in total. The fraction of sp³-hybridized carbons (Fsp3) is 0.625. The Labute approximate surface area is 322 Å². The Balaban J connectivity index is 1.26. The number of nitrogens with one attached hydrogen (secondary N) is 2. The van der Waals surface area contributed by atoms with Gasteiger partial charge in [0, 0.05) is 41.3 Å². The van der Waals surface area contributed by atoms with Crippen LogP contribution in [0.25, 0.3) is 10.8 Å². The highest BCUT2D eigenvalue weighted by Crippen LogP contribution is 2.48. The molecular formula is C40H53N5O9S. The number of rotatable bonds is 6. The SMILES string of the molecule is CC1CCC=C[C@@H]2C[C@@]2(C(=O)NS(=O)(=O)C2(C)CC2)NC(=O)[C@@H]2C[C@@H](Oc3nccc4c5c(ccc34)CCO5)CN2C(=O)[C@@H](N(C(=O)O)C(C)(C)C)[C@H](C)C1. The van der Waals surface area contributed by atoms with Crippen LogP contribution >= 0.6 is 0 Å². The highest BCUT2D eigenvalue weighted by Gasteiger charge is 2.63. The van der Waals surface area contributed by atoms with Crippen LogP contribution in [-0.2, 0) is 30.8 Å². The maximum absolute atomic E-state index is 15.1. The molecule has 15 heteroatoms. The van der Waals surface area contributed by atoms with E-state index in [0.29, 0.717) is 43.6 Å². The van der Waals surface area contributed by atoms with Crippen molar-refractivity contribution in [2.75, 3.05) is 13.2 Å². The second kappa shape index (κ2) is 14.0. The van der Waals surface area contributed by atoms with E-state index in [-0.39, 0.29) is 25.3 Å². The summed E-state index contributed by atoms with van der Waals surface area (Å²) in [6.45, 7) is 11.3. The van der Waals surface area contributed by atoms with Gasteiger partial charge in [0.25, 0.3) is 5.91 Å². The minimum atomic E-state index is -4.01. The Morgan fingerprint density at radius 2 is 1.87 bits per heavy atom. The third-order valence-corrected chi connectivity index (χ3v) is 14.4. The lowest BCUT2D eigenvalue weighted by molar-refractivity contribution is -0.146. The van der Waals surface area contributed by atoms with Gasteiger partial charge in [-0.25, -0.2) is 18.2 Å². The summed E-state index contributed by atoms with van der Waals surface area (Å²) in [7, 11) is -4.01. The summed E-state index contributed by atoms with van der Waals surface area (Å²) in [5.41, 5.74) is -1.43. The molecule has 4 amide bonds. The average Bonchev–Trinajstić information content (AvgIpc) is 3.88. The monoisotopic (exact) mass is 779 g/mol. The Hall–Kier alpha value is -4.40. The molecule has 0 radical (unpaired) electrons. The molecule has 4 heterocycles. The topological polar surface area (TPSA) is 185 Å². The van der Waals surface area contributed by atoms with Gasteiger partial charge in [0.15, 0.2) is 0 Å². The van der Waals surface area contributed by atoms with Crippen LogP contribution in [0.4, 0.5) is 4.79 Å². The molecule has 0 bridgehead atoms. The zero-order valence-electron chi connectivity index (χ0n) is 32.5. The van der Waals surface area contributed by atoms with Crippen LogP contribution in [-0.4, -0.2) is 99.3 Å². The zero-order valence-corrected chi connectivity index (χ0v) is 33.3. The van der Waals surface area contributed by atoms with Crippen LogP contribution in [0.3, 0.4) is 0 Å². The summed E-state index contributed by atoms with van der Waals surface area (Å²) in [4.78, 5) is 63.7. The molecule has 3 aliphatic heterocycles. The minimum absolute atomic E-state index is 0.0196. The molecule has 14 nitrogen and oxygen atoms in total. The van der Waals surface area contributed by atoms with Gasteiger partial charge in [-0.1, -0.05) is 32.1 Å². The first-order valence-electron chi connectivity index (χ1n) is 19.4. The number of hydrogen-bond donors (Lipinski definition) is 3. The van der Waals surface area contributed by atoms with Crippen LogP contribution in [0.15, 0.2) is 36.5 Å². The molecule has 2 saturated carbocycles. The number of benzene rings is 1. The predicted molar refractivity (Wildman–Crippen MR) is 204 cm³/mol. The fourth-order valence-electron chi connectivity index (χ4n) is 8.69. The number of ether oxygens (including phenoxy) is 2. The van der Waals surface area contributed by atoms with E-state index < -0.39 is 79.7 Å². The quantitative estimate of drug-likeness (QED) is 0.352. The Morgan fingerprint density at radius 1 is 1.13 bits per heavy atom. The number of carbonyl (C=O) groups excluding carboxylic acids is 3. The van der Waals surface area contributed by atoms with Crippen LogP contribution < -0.4 is 19.5 Å². The highest BCUT2D eigenvalue weighted by molar-refractivity contribution is 7.91. The summed E-state index contributed by atoms with van der Waals surface area (Å²) in [6.07, 6.45) is 7.26. The number of aromatic nitrogens is 1. The molecule has 7 rings (SSSR count). The number of amides is 4. The molecule has 1 saturated heterocycles. The molecule has 7 atom stereocenters. The van der Waals surface area contributed by atoms with Gasteiger partial charge in [-0.15, -0.1) is 0 Å². The number of nitrogens with zero attached hydrogens (tertiary/aromatic N) is 3. The Morgan fingerprint density at radius 3 is 2.56 bits per heavy atom. The van der Waals surface area contributed by atoms with Gasteiger partial charge in [-0.05, 0) is 95.8 Å². The third kappa shape index (κ3) is 7.24. The zero-order chi connectivity index (χ0) is 39.7. The number of carbonyl (C=O) groups is 4. The molecular weight excluding hydrogens is 727 g/mol. The maximum Gasteiger partial charge on any atom is 0.408 e. The van der Waals surface area contributed by atoms with E-state index >= 15 is 4.79 Å². The third-order valence-electron chi connectivity index (χ3n) is 12.2. The summed E-state index contributed by atoms with van der Waals surface area (Å²) in [5, 5.41) is 15.0. The molecule has 2 aromatic rings. The number of sulfonamides is 1. The molecule has 55 heavy (non-hydrogen) atoms. The van der Waals surface area contributed by atoms with Crippen LogP contribution in [0.2, 0.25) is 0 Å². The highest BCUT2D eigenvalue weighted by atomic mass is 32.2. The van der Waals surface area contributed by atoms with Gasteiger partial charge in [0.1, 0.15) is 29.5 Å². The van der Waals surface area contributed by atoms with Gasteiger partial charge in [-0.3, -0.25) is 24.0 Å². The molecule has 1 aromatic heterocycles. The molecule has 1 aromatic carbocycles. The summed E-state index contributed by atoms with van der Waals surface area (Å²) in [6, 6.07) is 3.45. The van der Waals surface area contributed by atoms with E-state index in [1.165, 1.54) is 9.80 Å². The second-order valence-corrected chi connectivity index (χ2v) is 19.8. The molecule has 298 valence electrons. The van der Waals surface area contributed by atoms with Crippen LogP contribution in [0.1, 0.15) is 92.1 Å². The van der Waals surface area contributed by atoms with Gasteiger partial charge < -0.3 is 24.8 Å². The number of fused-ring (bicyclic) bond motifs is 5. The van der Waals surface area contributed by atoms with Crippen molar-refractivity contribution in [3.05, 3.63) is 42.1 Å². The lowest BCUT2D eigenvalue weighted by Gasteiger charge is -2.43. The number of pyridine rings is 1. The van der Waals surface area contributed by atoms with Crippen LogP contribution in [0.5, 0.6) is 11.6 Å². The van der Waals surface area contributed by atoms with E-state index in [0.717, 1.165) is 29.5 Å². The number of carboxylic acid groups (broad SMARTS) is 1. The minimum Gasteiger partial charge on any atom is -0.492 e. The van der Waals surface area contributed by atoms with Crippen molar-refractivity contribution in [2.45, 2.75) is 127 Å². The van der Waals surface area contributed by atoms with Gasteiger partial charge in [0.05, 0.1) is 17.9 Å². The smallest absolute Gasteiger partial charge is 0.408 e. The molecule has 0 spiro atoms. The van der Waals surface area contributed by atoms with Crippen LogP contribution in [0, 0.1) is 17.8 Å². The summed E-state index contributed by atoms with van der Waals surface area (Å²) in [5.74, 6) is -1.69. The predicted octanol–water partition coefficient (Wildman–Crippen LogP) is 4.55. The number of hydrogen-bond acceptors (Lipinski definition) is 9. The van der Waals surface area contributed by atoms with Gasteiger partial charge in [0.2, 0.25) is 27.7 Å². The average molecular weight is 780 g/mol. The largest absolute Gasteiger partial charge is 0.492 e. The molecule has 5 aliphatic rings. The summed E-state index contributed by atoms with van der Waals surface area (Å²) >= 11 is 0. The standard InChI is InChI=1S/C40H53N5O9S/c1-23-9-7-8-10-26-21-40(26,36(48)43-55(51,52)39(6)15-16-39)42-33(46)30-20-27(54-34-29-12-11-25-14-18-53-32(25)28(29)13-17-41-34)22-44(30)35(47)31(24(2)19-23)45(37(49)50)38(3,4)5/h8,10-13,17,23-24,26-27,30-31H,7,9,14-16,18-22H2,1-6H3,(H,42,46)(H,43,48)(H,49,50)/t23?,24-,26-,27-,30+,31+,40-/m1/s1. The van der Waals surface area contributed by atoms with Gasteiger partial charge in [-0.2, -0.15) is 0 Å². The summed E-state index contributed by atoms with van der Waals surface area (Å²) < 4.78 is 40.1. The Kier molecular flexibility index (Phi) is 9.86. The Bertz CT molecular complexity index is 2040. The number of allylic oxidation sites excluding steroid dienone is 1. The van der Waals surface area contributed by atoms with Crippen molar-refractivity contribution in [3.8, 4) is 11.6 Å². The van der Waals surface area contributed by atoms with Gasteiger partial charge >= 0.3 is 6.09 Å². The second-order valence-electron chi connectivity index (χ2n) is 17.6. The van der Waals surface area contributed by atoms with Crippen molar-refractivity contribution < 1.29 is 42.2 Å². The fourth-order valence-corrected chi connectivity index (χ4v) is 10.0. The first-order chi connectivity index (χ1) is 25.8. The van der Waals surface area contributed by atoms with E-state index in [9.17, 15) is 27.9 Å². The van der Waals surface area contributed by atoms with Crippen molar-refractivity contribution in [1.29, 1.82) is 0 Å². The van der Waals surface area contributed by atoms with Crippen molar-refractivity contribution in [2.24, 2.45) is 17.8 Å². The van der Waals surface area contributed by atoms with Crippen molar-refractivity contribution in [1.82, 2.24) is 24.8 Å².